The van der Waals surface area contributed by atoms with E-state index in [1.807, 2.05) is 4.90 Å². The quantitative estimate of drug-likeness (QED) is 0.575. The fourth-order valence-corrected chi connectivity index (χ4v) is 1.47. The maximum Gasteiger partial charge on any atom is 0.317 e. The van der Waals surface area contributed by atoms with Crippen molar-refractivity contribution in [3.8, 4) is 0 Å². The molecule has 1 heterocycles. The molecule has 4 nitrogen and oxygen atoms in total. The summed E-state index contributed by atoms with van der Waals surface area (Å²) in [7, 11) is 0. The van der Waals surface area contributed by atoms with E-state index < -0.39 is 0 Å². The number of amides is 2. The van der Waals surface area contributed by atoms with Gasteiger partial charge in [-0.05, 0) is 19.3 Å². The van der Waals surface area contributed by atoms with Gasteiger partial charge in [-0.2, -0.15) is 0 Å². The molecule has 68 valence electrons. The zero-order chi connectivity index (χ0) is 8.55. The number of likely N-dealkylation sites (tertiary alicyclic amines) is 1. The van der Waals surface area contributed by atoms with E-state index in [2.05, 4.69) is 5.32 Å². The minimum atomic E-state index is 0.0745. The van der Waals surface area contributed by atoms with Crippen LogP contribution in [0.3, 0.4) is 0 Å². The standard InChI is InChI=1S/C8H15N3O/c9-6-3-4-11(5-6)8(12)10-7-1-2-7/h6-7H,1-5,9H2,(H,10,12). The molecule has 1 saturated carbocycles. The van der Waals surface area contributed by atoms with Crippen molar-refractivity contribution >= 4 is 6.03 Å². The Kier molecular flexibility index (Phi) is 1.92. The Bertz CT molecular complexity index is 191. The molecule has 0 radical (unpaired) electrons. The van der Waals surface area contributed by atoms with Gasteiger partial charge < -0.3 is 16.0 Å². The molecule has 12 heavy (non-hydrogen) atoms. The molecular formula is C8H15N3O. The van der Waals surface area contributed by atoms with Crippen LogP contribution in [0.2, 0.25) is 0 Å². The van der Waals surface area contributed by atoms with E-state index in [9.17, 15) is 4.79 Å². The fourth-order valence-electron chi connectivity index (χ4n) is 1.47. The Morgan fingerprint density at radius 1 is 1.42 bits per heavy atom. The highest BCUT2D eigenvalue weighted by Gasteiger charge is 2.28. The molecular weight excluding hydrogens is 154 g/mol. The third kappa shape index (κ3) is 1.69. The summed E-state index contributed by atoms with van der Waals surface area (Å²) in [6, 6.07) is 0.717. The van der Waals surface area contributed by atoms with Gasteiger partial charge in [0.25, 0.3) is 0 Å². The summed E-state index contributed by atoms with van der Waals surface area (Å²) in [4.78, 5) is 13.2. The average molecular weight is 169 g/mol. The van der Waals surface area contributed by atoms with Gasteiger partial charge in [-0.1, -0.05) is 0 Å². The first kappa shape index (κ1) is 7.86. The number of nitrogens with zero attached hydrogens (tertiary/aromatic N) is 1. The van der Waals surface area contributed by atoms with Crippen LogP contribution in [-0.2, 0) is 0 Å². The molecule has 1 aliphatic carbocycles. The van der Waals surface area contributed by atoms with Crippen molar-refractivity contribution in [1.82, 2.24) is 10.2 Å². The van der Waals surface area contributed by atoms with Crippen LogP contribution >= 0.6 is 0 Å². The zero-order valence-electron chi connectivity index (χ0n) is 7.12. The molecule has 1 saturated heterocycles. The first-order valence-corrected chi connectivity index (χ1v) is 4.57. The second-order valence-corrected chi connectivity index (χ2v) is 3.72. The van der Waals surface area contributed by atoms with Gasteiger partial charge in [-0.3, -0.25) is 0 Å². The van der Waals surface area contributed by atoms with Crippen molar-refractivity contribution in [2.75, 3.05) is 13.1 Å². The van der Waals surface area contributed by atoms with E-state index in [0.717, 1.165) is 32.4 Å². The predicted octanol–water partition coefficient (Wildman–Crippen LogP) is -0.109. The van der Waals surface area contributed by atoms with Crippen LogP contribution < -0.4 is 11.1 Å². The third-order valence-electron chi connectivity index (χ3n) is 2.42. The number of hydrogen-bond acceptors (Lipinski definition) is 2. The van der Waals surface area contributed by atoms with Crippen LogP contribution in [0.15, 0.2) is 0 Å². The third-order valence-corrected chi connectivity index (χ3v) is 2.42. The number of urea groups is 1. The van der Waals surface area contributed by atoms with Crippen LogP contribution in [0, 0.1) is 0 Å². The molecule has 2 rings (SSSR count). The number of carbonyl (C=O) groups excluding carboxylic acids is 1. The molecule has 1 atom stereocenters. The van der Waals surface area contributed by atoms with Gasteiger partial charge >= 0.3 is 6.03 Å². The lowest BCUT2D eigenvalue weighted by molar-refractivity contribution is 0.208. The van der Waals surface area contributed by atoms with Gasteiger partial charge in [0.05, 0.1) is 0 Å². The Morgan fingerprint density at radius 3 is 2.67 bits per heavy atom. The number of nitrogens with one attached hydrogen (secondary N) is 1. The number of rotatable bonds is 1. The molecule has 3 N–H and O–H groups in total. The van der Waals surface area contributed by atoms with Gasteiger partial charge in [0.15, 0.2) is 0 Å². The number of carbonyl (C=O) groups is 1. The zero-order valence-corrected chi connectivity index (χ0v) is 7.12. The Hall–Kier alpha value is -0.770. The van der Waals surface area contributed by atoms with E-state index >= 15 is 0 Å². The smallest absolute Gasteiger partial charge is 0.317 e. The molecule has 1 aliphatic heterocycles. The van der Waals surface area contributed by atoms with Crippen molar-refractivity contribution < 1.29 is 4.79 Å². The first-order valence-electron chi connectivity index (χ1n) is 4.57. The van der Waals surface area contributed by atoms with Crippen molar-refractivity contribution in [2.24, 2.45) is 5.73 Å². The predicted molar refractivity (Wildman–Crippen MR) is 45.7 cm³/mol. The summed E-state index contributed by atoms with van der Waals surface area (Å²) in [5.74, 6) is 0. The summed E-state index contributed by atoms with van der Waals surface area (Å²) in [5, 5.41) is 2.95. The second-order valence-electron chi connectivity index (χ2n) is 3.72. The van der Waals surface area contributed by atoms with E-state index in [1.54, 1.807) is 0 Å². The summed E-state index contributed by atoms with van der Waals surface area (Å²) >= 11 is 0. The van der Waals surface area contributed by atoms with Crippen molar-refractivity contribution in [2.45, 2.75) is 31.3 Å². The molecule has 2 aliphatic rings. The summed E-state index contributed by atoms with van der Waals surface area (Å²) in [5.41, 5.74) is 5.69. The molecule has 0 aromatic heterocycles. The van der Waals surface area contributed by atoms with Gasteiger partial charge in [0.2, 0.25) is 0 Å². The molecule has 2 amide bonds. The van der Waals surface area contributed by atoms with Crippen molar-refractivity contribution in [3.05, 3.63) is 0 Å². The molecule has 0 spiro atoms. The Balaban J connectivity index is 1.79. The summed E-state index contributed by atoms with van der Waals surface area (Å²) < 4.78 is 0. The van der Waals surface area contributed by atoms with Gasteiger partial charge in [-0.15, -0.1) is 0 Å². The maximum absolute atomic E-state index is 11.4. The highest BCUT2D eigenvalue weighted by atomic mass is 16.2. The summed E-state index contributed by atoms with van der Waals surface area (Å²) in [6.07, 6.45) is 3.23. The fraction of sp³-hybridized carbons (Fsp3) is 0.875. The molecule has 0 aromatic carbocycles. The monoisotopic (exact) mass is 169 g/mol. The largest absolute Gasteiger partial charge is 0.335 e. The van der Waals surface area contributed by atoms with Gasteiger partial charge in [-0.25, -0.2) is 4.79 Å². The molecule has 0 aromatic rings. The van der Waals surface area contributed by atoms with Crippen LogP contribution in [0.1, 0.15) is 19.3 Å². The SMILES string of the molecule is NC1CCN(C(=O)NC2CC2)C1. The minimum absolute atomic E-state index is 0.0745. The topological polar surface area (TPSA) is 58.4 Å². The first-order chi connectivity index (χ1) is 5.75. The lowest BCUT2D eigenvalue weighted by atomic mass is 10.3. The normalized spacial score (nSPS) is 29.1. The molecule has 4 heteroatoms. The lowest BCUT2D eigenvalue weighted by Crippen LogP contribution is -2.40. The van der Waals surface area contributed by atoms with E-state index in [1.165, 1.54) is 0 Å². The Labute approximate surface area is 72.1 Å². The van der Waals surface area contributed by atoms with Crippen LogP contribution in [-0.4, -0.2) is 36.1 Å². The van der Waals surface area contributed by atoms with Gasteiger partial charge in [0.1, 0.15) is 0 Å². The average Bonchev–Trinajstić information content (AvgIpc) is 2.72. The molecule has 0 bridgehead atoms. The van der Waals surface area contributed by atoms with Crippen molar-refractivity contribution in [3.63, 3.8) is 0 Å². The van der Waals surface area contributed by atoms with E-state index in [4.69, 9.17) is 5.73 Å². The molecule has 2 fully saturated rings. The second kappa shape index (κ2) is 2.94. The molecule has 1 unspecified atom stereocenters. The van der Waals surface area contributed by atoms with E-state index in [-0.39, 0.29) is 12.1 Å². The van der Waals surface area contributed by atoms with E-state index in [0.29, 0.717) is 6.04 Å². The highest BCUT2D eigenvalue weighted by Crippen LogP contribution is 2.19. The number of hydrogen-bond donors (Lipinski definition) is 2. The van der Waals surface area contributed by atoms with Crippen LogP contribution in [0.25, 0.3) is 0 Å². The summed E-state index contributed by atoms with van der Waals surface area (Å²) in [6.45, 7) is 1.54. The number of nitrogens with two attached hydrogens (primary N) is 1. The Morgan fingerprint density at radius 2 is 2.17 bits per heavy atom. The van der Waals surface area contributed by atoms with Gasteiger partial charge in [0, 0.05) is 25.2 Å². The maximum atomic E-state index is 11.4. The van der Waals surface area contributed by atoms with Crippen molar-refractivity contribution in [1.29, 1.82) is 0 Å². The van der Waals surface area contributed by atoms with Crippen LogP contribution in [0.5, 0.6) is 0 Å². The lowest BCUT2D eigenvalue weighted by Gasteiger charge is -2.15. The van der Waals surface area contributed by atoms with Crippen LogP contribution in [0.4, 0.5) is 4.79 Å². The highest BCUT2D eigenvalue weighted by molar-refractivity contribution is 5.75. The minimum Gasteiger partial charge on any atom is -0.335 e.